The molecule has 0 bridgehead atoms. The van der Waals surface area contributed by atoms with Gasteiger partial charge in [-0.2, -0.15) is 0 Å². The summed E-state index contributed by atoms with van der Waals surface area (Å²) in [6.07, 6.45) is 4.02. The lowest BCUT2D eigenvalue weighted by atomic mass is 10.2. The average Bonchev–Trinajstić information content (AvgIpc) is 3.06. The molecule has 0 unspecified atom stereocenters. The molecule has 0 radical (unpaired) electrons. The minimum atomic E-state index is -0.0315. The van der Waals surface area contributed by atoms with Crippen LogP contribution in [-0.2, 0) is 5.75 Å². The SMILES string of the molecule is CCNCCNC(=O)c1ccccc1SCc1cn2ccccc2n1. The van der Waals surface area contributed by atoms with Crippen LogP contribution in [0.2, 0.25) is 0 Å². The Morgan fingerprint density at radius 3 is 2.84 bits per heavy atom. The first-order valence-electron chi connectivity index (χ1n) is 8.41. The van der Waals surface area contributed by atoms with Crippen LogP contribution < -0.4 is 10.6 Å². The van der Waals surface area contributed by atoms with Crippen molar-refractivity contribution in [2.45, 2.75) is 17.6 Å². The second-order valence-electron chi connectivity index (χ2n) is 5.59. The van der Waals surface area contributed by atoms with E-state index >= 15 is 0 Å². The largest absolute Gasteiger partial charge is 0.351 e. The molecule has 130 valence electrons. The molecular weight excluding hydrogens is 332 g/mol. The first-order valence-corrected chi connectivity index (χ1v) is 9.40. The lowest BCUT2D eigenvalue weighted by Crippen LogP contribution is -2.31. The van der Waals surface area contributed by atoms with Gasteiger partial charge in [-0.3, -0.25) is 4.79 Å². The zero-order chi connectivity index (χ0) is 17.5. The van der Waals surface area contributed by atoms with E-state index in [-0.39, 0.29) is 5.91 Å². The molecular formula is C19H22N4OS. The van der Waals surface area contributed by atoms with Crippen LogP contribution in [0.5, 0.6) is 0 Å². The smallest absolute Gasteiger partial charge is 0.252 e. The Kier molecular flexibility index (Phi) is 6.09. The fraction of sp³-hybridized carbons (Fsp3) is 0.263. The maximum atomic E-state index is 12.4. The Hall–Kier alpha value is -2.31. The number of benzene rings is 1. The van der Waals surface area contributed by atoms with Crippen molar-refractivity contribution in [3.63, 3.8) is 0 Å². The van der Waals surface area contributed by atoms with Crippen LogP contribution in [0.15, 0.2) is 59.8 Å². The summed E-state index contributed by atoms with van der Waals surface area (Å²) in [7, 11) is 0. The molecule has 0 spiro atoms. The van der Waals surface area contributed by atoms with Crippen LogP contribution >= 0.6 is 11.8 Å². The van der Waals surface area contributed by atoms with Crippen molar-refractivity contribution >= 4 is 23.3 Å². The lowest BCUT2D eigenvalue weighted by Gasteiger charge is -2.09. The molecule has 0 saturated carbocycles. The van der Waals surface area contributed by atoms with Crippen molar-refractivity contribution in [1.29, 1.82) is 0 Å². The summed E-state index contributed by atoms with van der Waals surface area (Å²) in [4.78, 5) is 18.0. The van der Waals surface area contributed by atoms with Gasteiger partial charge >= 0.3 is 0 Å². The van der Waals surface area contributed by atoms with E-state index in [0.717, 1.165) is 35.1 Å². The van der Waals surface area contributed by atoms with Gasteiger partial charge in [-0.05, 0) is 30.8 Å². The van der Waals surface area contributed by atoms with E-state index in [0.29, 0.717) is 12.1 Å². The first-order chi connectivity index (χ1) is 12.3. The number of carbonyl (C=O) groups is 1. The van der Waals surface area contributed by atoms with E-state index in [2.05, 4.69) is 15.6 Å². The number of imidazole rings is 1. The van der Waals surface area contributed by atoms with Crippen molar-refractivity contribution in [3.05, 3.63) is 66.1 Å². The maximum absolute atomic E-state index is 12.4. The molecule has 25 heavy (non-hydrogen) atoms. The summed E-state index contributed by atoms with van der Waals surface area (Å²) < 4.78 is 2.01. The highest BCUT2D eigenvalue weighted by molar-refractivity contribution is 7.98. The molecule has 0 fully saturated rings. The van der Waals surface area contributed by atoms with E-state index in [1.54, 1.807) is 11.8 Å². The van der Waals surface area contributed by atoms with E-state index in [1.807, 2.05) is 66.2 Å². The Balaban J connectivity index is 1.65. The van der Waals surface area contributed by atoms with Crippen molar-refractivity contribution in [1.82, 2.24) is 20.0 Å². The molecule has 1 aromatic carbocycles. The van der Waals surface area contributed by atoms with Gasteiger partial charge in [-0.1, -0.05) is 25.1 Å². The minimum absolute atomic E-state index is 0.0315. The number of pyridine rings is 1. The van der Waals surface area contributed by atoms with Gasteiger partial charge in [0.1, 0.15) is 5.65 Å². The number of aromatic nitrogens is 2. The standard InChI is InChI=1S/C19H22N4OS/c1-2-20-10-11-21-19(24)16-7-3-4-8-17(16)25-14-15-13-23-12-6-5-9-18(23)22-15/h3-9,12-13,20H,2,10-11,14H2,1H3,(H,21,24). The number of hydrogen-bond donors (Lipinski definition) is 2. The topological polar surface area (TPSA) is 58.4 Å². The predicted octanol–water partition coefficient (Wildman–Crippen LogP) is 2.97. The molecule has 0 aliphatic heterocycles. The summed E-state index contributed by atoms with van der Waals surface area (Å²) in [5.41, 5.74) is 2.65. The molecule has 0 aliphatic carbocycles. The molecule has 5 nitrogen and oxygen atoms in total. The number of amides is 1. The molecule has 2 heterocycles. The fourth-order valence-corrected chi connectivity index (χ4v) is 3.46. The Morgan fingerprint density at radius 1 is 1.16 bits per heavy atom. The van der Waals surface area contributed by atoms with Gasteiger partial charge in [0.15, 0.2) is 0 Å². The monoisotopic (exact) mass is 354 g/mol. The summed E-state index contributed by atoms with van der Waals surface area (Å²) in [6, 6.07) is 13.7. The van der Waals surface area contributed by atoms with Crippen molar-refractivity contribution in [2.24, 2.45) is 0 Å². The Labute approximate surface area is 151 Å². The maximum Gasteiger partial charge on any atom is 0.252 e. The van der Waals surface area contributed by atoms with Gasteiger partial charge in [-0.25, -0.2) is 4.98 Å². The number of fused-ring (bicyclic) bond motifs is 1. The third kappa shape index (κ3) is 4.61. The number of rotatable bonds is 8. The first kappa shape index (κ1) is 17.5. The van der Waals surface area contributed by atoms with Gasteiger partial charge in [0.25, 0.3) is 5.91 Å². The minimum Gasteiger partial charge on any atom is -0.351 e. The van der Waals surface area contributed by atoms with Crippen molar-refractivity contribution in [3.8, 4) is 0 Å². The molecule has 1 amide bonds. The Morgan fingerprint density at radius 2 is 2.00 bits per heavy atom. The van der Waals surface area contributed by atoms with Gasteiger partial charge in [0.05, 0.1) is 11.3 Å². The molecule has 0 atom stereocenters. The third-order valence-electron chi connectivity index (χ3n) is 3.76. The summed E-state index contributed by atoms with van der Waals surface area (Å²) in [5.74, 6) is 0.694. The molecule has 0 aliphatic rings. The van der Waals surface area contributed by atoms with E-state index in [1.165, 1.54) is 0 Å². The van der Waals surface area contributed by atoms with E-state index in [4.69, 9.17) is 0 Å². The normalized spacial score (nSPS) is 10.9. The number of thioether (sulfide) groups is 1. The van der Waals surface area contributed by atoms with Crippen LogP contribution in [0.3, 0.4) is 0 Å². The molecule has 6 heteroatoms. The number of likely N-dealkylation sites (N-methyl/N-ethyl adjacent to an activating group) is 1. The quantitative estimate of drug-likeness (QED) is 0.482. The van der Waals surface area contributed by atoms with Crippen molar-refractivity contribution < 1.29 is 4.79 Å². The van der Waals surface area contributed by atoms with Crippen LogP contribution in [0, 0.1) is 0 Å². The molecule has 0 saturated heterocycles. The fourth-order valence-electron chi connectivity index (χ4n) is 2.52. The highest BCUT2D eigenvalue weighted by atomic mass is 32.2. The zero-order valence-electron chi connectivity index (χ0n) is 14.2. The number of hydrogen-bond acceptors (Lipinski definition) is 4. The molecule has 3 aromatic rings. The predicted molar refractivity (Wildman–Crippen MR) is 102 cm³/mol. The second kappa shape index (κ2) is 8.69. The van der Waals surface area contributed by atoms with Crippen molar-refractivity contribution in [2.75, 3.05) is 19.6 Å². The number of carbonyl (C=O) groups excluding carboxylic acids is 1. The molecule has 2 N–H and O–H groups in total. The van der Waals surface area contributed by atoms with Crippen LogP contribution in [0.4, 0.5) is 0 Å². The second-order valence-corrected chi connectivity index (χ2v) is 6.61. The third-order valence-corrected chi connectivity index (χ3v) is 4.87. The van der Waals surface area contributed by atoms with Gasteiger partial charge in [-0.15, -0.1) is 11.8 Å². The van der Waals surface area contributed by atoms with Gasteiger partial charge in [0.2, 0.25) is 0 Å². The van der Waals surface area contributed by atoms with Gasteiger partial charge in [0, 0.05) is 36.1 Å². The highest BCUT2D eigenvalue weighted by Crippen LogP contribution is 2.26. The Bertz CT molecular complexity index is 813. The van der Waals surface area contributed by atoms with Crippen LogP contribution in [0.25, 0.3) is 5.65 Å². The number of nitrogens with one attached hydrogen (secondary N) is 2. The van der Waals surface area contributed by atoms with Crippen LogP contribution in [0.1, 0.15) is 23.0 Å². The number of nitrogens with zero attached hydrogens (tertiary/aromatic N) is 2. The zero-order valence-corrected chi connectivity index (χ0v) is 15.1. The van der Waals surface area contributed by atoms with Crippen LogP contribution in [-0.4, -0.2) is 34.9 Å². The molecule has 3 rings (SSSR count). The van der Waals surface area contributed by atoms with Gasteiger partial charge < -0.3 is 15.0 Å². The molecule has 2 aromatic heterocycles. The summed E-state index contributed by atoms with van der Waals surface area (Å²) in [6.45, 7) is 4.35. The summed E-state index contributed by atoms with van der Waals surface area (Å²) >= 11 is 1.64. The summed E-state index contributed by atoms with van der Waals surface area (Å²) in [5, 5.41) is 6.16. The van der Waals surface area contributed by atoms with E-state index in [9.17, 15) is 4.79 Å². The highest BCUT2D eigenvalue weighted by Gasteiger charge is 2.11. The average molecular weight is 354 g/mol. The van der Waals surface area contributed by atoms with E-state index < -0.39 is 0 Å². The lowest BCUT2D eigenvalue weighted by molar-refractivity contribution is 0.0951.